The molecule has 0 spiro atoms. The number of hydrogen-bond acceptors (Lipinski definition) is 5. The van der Waals surface area contributed by atoms with E-state index in [9.17, 15) is 4.79 Å². The van der Waals surface area contributed by atoms with E-state index in [-0.39, 0.29) is 11.9 Å². The van der Waals surface area contributed by atoms with Gasteiger partial charge in [0.15, 0.2) is 0 Å². The maximum atomic E-state index is 12.3. The fourth-order valence-electron chi connectivity index (χ4n) is 3.24. The second-order valence-corrected chi connectivity index (χ2v) is 6.19. The van der Waals surface area contributed by atoms with Crippen LogP contribution in [0, 0.1) is 0 Å². The van der Waals surface area contributed by atoms with Gasteiger partial charge in [0.05, 0.1) is 11.1 Å². The summed E-state index contributed by atoms with van der Waals surface area (Å²) >= 11 is 0. The van der Waals surface area contributed by atoms with E-state index in [1.807, 2.05) is 18.2 Å². The molecule has 0 saturated carbocycles. The van der Waals surface area contributed by atoms with Crippen LogP contribution in [-0.2, 0) is 0 Å². The van der Waals surface area contributed by atoms with Gasteiger partial charge in [0, 0.05) is 36.9 Å². The number of benzene rings is 1. The summed E-state index contributed by atoms with van der Waals surface area (Å²) in [6.45, 7) is 1.72. The van der Waals surface area contributed by atoms with E-state index in [2.05, 4.69) is 31.2 Å². The van der Waals surface area contributed by atoms with Crippen LogP contribution in [-0.4, -0.2) is 40.0 Å². The summed E-state index contributed by atoms with van der Waals surface area (Å²) in [6.07, 6.45) is 6.67. The summed E-state index contributed by atoms with van der Waals surface area (Å²) in [7, 11) is 0. The smallest absolute Gasteiger partial charge is 0.253 e. The number of carbonyl (C=O) groups excluding carboxylic acids is 1. The zero-order chi connectivity index (χ0) is 17.1. The molecule has 6 heteroatoms. The minimum Gasteiger partial charge on any atom is -0.356 e. The second-order valence-electron chi connectivity index (χ2n) is 6.19. The average Bonchev–Trinajstić information content (AvgIpc) is 2.69. The van der Waals surface area contributed by atoms with Crippen LogP contribution in [0.2, 0.25) is 0 Å². The van der Waals surface area contributed by atoms with Crippen molar-refractivity contribution in [3.8, 4) is 0 Å². The summed E-state index contributed by atoms with van der Waals surface area (Å²) in [6, 6.07) is 11.8. The molecule has 1 N–H and O–H groups in total. The standard InChI is InChI=1S/C19H19N5O/c25-19(14-4-3-9-20-12-14)23-15-7-10-24(11-8-15)18-16-5-1-2-6-17(16)21-13-22-18/h1-6,9,12-13,15H,7-8,10-11H2,(H,23,25). The second kappa shape index (κ2) is 6.84. The number of pyridine rings is 1. The number of nitrogens with one attached hydrogen (secondary N) is 1. The molecule has 0 bridgehead atoms. The number of aromatic nitrogens is 3. The maximum Gasteiger partial charge on any atom is 0.253 e. The van der Waals surface area contributed by atoms with E-state index < -0.39 is 0 Å². The Morgan fingerprint density at radius 1 is 1.08 bits per heavy atom. The van der Waals surface area contributed by atoms with E-state index in [1.54, 1.807) is 30.9 Å². The van der Waals surface area contributed by atoms with Gasteiger partial charge < -0.3 is 10.2 Å². The average molecular weight is 333 g/mol. The first-order valence-electron chi connectivity index (χ1n) is 8.47. The Morgan fingerprint density at radius 2 is 1.92 bits per heavy atom. The quantitative estimate of drug-likeness (QED) is 0.797. The number of hydrogen-bond donors (Lipinski definition) is 1. The van der Waals surface area contributed by atoms with E-state index in [0.29, 0.717) is 5.56 Å². The number of anilines is 1. The number of para-hydroxylation sites is 1. The first-order chi connectivity index (χ1) is 12.3. The van der Waals surface area contributed by atoms with E-state index in [4.69, 9.17) is 0 Å². The molecule has 126 valence electrons. The van der Waals surface area contributed by atoms with Gasteiger partial charge in [-0.1, -0.05) is 12.1 Å². The van der Waals surface area contributed by atoms with Crippen LogP contribution in [0.3, 0.4) is 0 Å². The zero-order valence-corrected chi connectivity index (χ0v) is 13.8. The Kier molecular flexibility index (Phi) is 4.24. The van der Waals surface area contributed by atoms with Crippen LogP contribution in [0.25, 0.3) is 10.9 Å². The lowest BCUT2D eigenvalue weighted by Crippen LogP contribution is -2.45. The number of piperidine rings is 1. The van der Waals surface area contributed by atoms with Crippen LogP contribution in [0.5, 0.6) is 0 Å². The van der Waals surface area contributed by atoms with E-state index in [1.165, 1.54) is 0 Å². The molecule has 25 heavy (non-hydrogen) atoms. The minimum atomic E-state index is -0.0564. The van der Waals surface area contributed by atoms with Crippen molar-refractivity contribution in [2.24, 2.45) is 0 Å². The molecular weight excluding hydrogens is 314 g/mol. The van der Waals surface area contributed by atoms with Gasteiger partial charge in [-0.25, -0.2) is 9.97 Å². The lowest BCUT2D eigenvalue weighted by molar-refractivity contribution is 0.0930. The molecule has 0 radical (unpaired) electrons. The number of carbonyl (C=O) groups is 1. The molecule has 0 unspecified atom stereocenters. The molecule has 6 nitrogen and oxygen atoms in total. The highest BCUT2D eigenvalue weighted by Crippen LogP contribution is 2.25. The third-order valence-corrected chi connectivity index (χ3v) is 4.58. The van der Waals surface area contributed by atoms with Gasteiger partial charge >= 0.3 is 0 Å². The van der Waals surface area contributed by atoms with E-state index >= 15 is 0 Å². The summed E-state index contributed by atoms with van der Waals surface area (Å²) in [5, 5.41) is 4.18. The molecule has 0 aliphatic carbocycles. The Hall–Kier alpha value is -3.02. The topological polar surface area (TPSA) is 71.0 Å². The lowest BCUT2D eigenvalue weighted by atomic mass is 10.0. The molecule has 0 atom stereocenters. The Labute approximate surface area is 145 Å². The SMILES string of the molecule is O=C(NC1CCN(c2ncnc3ccccc23)CC1)c1cccnc1. The third-order valence-electron chi connectivity index (χ3n) is 4.58. The molecular formula is C19H19N5O. The number of rotatable bonds is 3. The molecule has 2 aromatic heterocycles. The van der Waals surface area contributed by atoms with Crippen LogP contribution in [0.4, 0.5) is 5.82 Å². The van der Waals surface area contributed by atoms with Gasteiger partial charge in [-0.15, -0.1) is 0 Å². The van der Waals surface area contributed by atoms with Crippen molar-refractivity contribution in [3.05, 3.63) is 60.7 Å². The predicted octanol–water partition coefficient (Wildman–Crippen LogP) is 2.42. The van der Waals surface area contributed by atoms with Gasteiger partial charge in [0.25, 0.3) is 5.91 Å². The highest BCUT2D eigenvalue weighted by Gasteiger charge is 2.23. The van der Waals surface area contributed by atoms with Crippen molar-refractivity contribution in [1.82, 2.24) is 20.3 Å². The first-order valence-corrected chi connectivity index (χ1v) is 8.47. The molecule has 1 amide bonds. The Bertz CT molecular complexity index is 870. The maximum absolute atomic E-state index is 12.3. The molecule has 1 aliphatic rings. The fraction of sp³-hybridized carbons (Fsp3) is 0.263. The first kappa shape index (κ1) is 15.5. The summed E-state index contributed by atoms with van der Waals surface area (Å²) in [4.78, 5) is 27.3. The zero-order valence-electron chi connectivity index (χ0n) is 13.8. The van der Waals surface area contributed by atoms with E-state index in [0.717, 1.165) is 42.7 Å². The van der Waals surface area contributed by atoms with Crippen LogP contribution >= 0.6 is 0 Å². The molecule has 3 aromatic rings. The normalized spacial score (nSPS) is 15.3. The summed E-state index contributed by atoms with van der Waals surface area (Å²) < 4.78 is 0. The number of fused-ring (bicyclic) bond motifs is 1. The molecule has 1 aliphatic heterocycles. The largest absolute Gasteiger partial charge is 0.356 e. The lowest BCUT2D eigenvalue weighted by Gasteiger charge is -2.33. The fourth-order valence-corrected chi connectivity index (χ4v) is 3.24. The van der Waals surface area contributed by atoms with Crippen molar-refractivity contribution in [1.29, 1.82) is 0 Å². The minimum absolute atomic E-state index is 0.0564. The summed E-state index contributed by atoms with van der Waals surface area (Å²) in [5.41, 5.74) is 1.56. The Morgan fingerprint density at radius 3 is 2.72 bits per heavy atom. The van der Waals surface area contributed by atoms with Crippen molar-refractivity contribution >= 4 is 22.6 Å². The van der Waals surface area contributed by atoms with Crippen molar-refractivity contribution < 1.29 is 4.79 Å². The molecule has 4 rings (SSSR count). The highest BCUT2D eigenvalue weighted by atomic mass is 16.1. The van der Waals surface area contributed by atoms with Gasteiger partial charge in [0.1, 0.15) is 12.1 Å². The van der Waals surface area contributed by atoms with Gasteiger partial charge in [-0.05, 0) is 37.1 Å². The van der Waals surface area contributed by atoms with Gasteiger partial charge in [-0.3, -0.25) is 9.78 Å². The number of amides is 1. The highest BCUT2D eigenvalue weighted by molar-refractivity contribution is 5.94. The predicted molar refractivity (Wildman–Crippen MR) is 96.5 cm³/mol. The van der Waals surface area contributed by atoms with Gasteiger partial charge in [-0.2, -0.15) is 0 Å². The third kappa shape index (κ3) is 3.28. The molecule has 1 saturated heterocycles. The molecule has 3 heterocycles. The molecule has 1 fully saturated rings. The van der Waals surface area contributed by atoms with Crippen LogP contribution < -0.4 is 10.2 Å². The van der Waals surface area contributed by atoms with Crippen molar-refractivity contribution in [2.75, 3.05) is 18.0 Å². The van der Waals surface area contributed by atoms with Crippen molar-refractivity contribution in [3.63, 3.8) is 0 Å². The molecule has 1 aromatic carbocycles. The van der Waals surface area contributed by atoms with Crippen molar-refractivity contribution in [2.45, 2.75) is 18.9 Å². The Balaban J connectivity index is 1.42. The summed E-state index contributed by atoms with van der Waals surface area (Å²) in [5.74, 6) is 0.918. The van der Waals surface area contributed by atoms with Crippen LogP contribution in [0.1, 0.15) is 23.2 Å². The monoisotopic (exact) mass is 333 g/mol. The van der Waals surface area contributed by atoms with Crippen LogP contribution in [0.15, 0.2) is 55.1 Å². The number of nitrogens with zero attached hydrogens (tertiary/aromatic N) is 4. The van der Waals surface area contributed by atoms with Gasteiger partial charge in [0.2, 0.25) is 0 Å².